The monoisotopic (exact) mass is 258 g/mol. The van der Waals surface area contributed by atoms with Crippen molar-refractivity contribution in [3.05, 3.63) is 28.3 Å². The van der Waals surface area contributed by atoms with Gasteiger partial charge in [-0.3, -0.25) is 0 Å². The first-order valence-electron chi connectivity index (χ1n) is 5.50. The van der Waals surface area contributed by atoms with Crippen LogP contribution in [0.15, 0.2) is 12.1 Å². The zero-order valence-corrected chi connectivity index (χ0v) is 10.9. The predicted octanol–water partition coefficient (Wildman–Crippen LogP) is 2.44. The van der Waals surface area contributed by atoms with Crippen molar-refractivity contribution in [2.45, 2.75) is 12.3 Å². The van der Waals surface area contributed by atoms with Crippen molar-refractivity contribution in [3.63, 3.8) is 0 Å². The number of halogens is 2. The molecule has 4 heteroatoms. The summed E-state index contributed by atoms with van der Waals surface area (Å²) in [6.07, 6.45) is 1.06. The van der Waals surface area contributed by atoms with Gasteiger partial charge in [-0.1, -0.05) is 11.6 Å². The molecule has 1 unspecified atom stereocenters. The normalized spacial score (nSPS) is 22.4. The largest absolute Gasteiger partial charge is 0.374 e. The number of nitrogens with one attached hydrogen (secondary N) is 1. The molecule has 0 saturated carbocycles. The van der Waals surface area contributed by atoms with Crippen molar-refractivity contribution in [1.29, 1.82) is 0 Å². The van der Waals surface area contributed by atoms with Gasteiger partial charge in [0.2, 0.25) is 0 Å². The number of anilines is 1. The molecular formula is C12H16Cl2N2. The molecule has 1 atom stereocenters. The van der Waals surface area contributed by atoms with Gasteiger partial charge in [-0.05, 0) is 36.2 Å². The minimum absolute atomic E-state index is 0. The highest BCUT2D eigenvalue weighted by Crippen LogP contribution is 2.41. The summed E-state index contributed by atoms with van der Waals surface area (Å²) in [6.45, 7) is 3.26. The van der Waals surface area contributed by atoms with Crippen molar-refractivity contribution in [2.24, 2.45) is 0 Å². The van der Waals surface area contributed by atoms with Gasteiger partial charge in [-0.2, -0.15) is 0 Å². The lowest BCUT2D eigenvalue weighted by Crippen LogP contribution is -2.24. The predicted molar refractivity (Wildman–Crippen MR) is 71.3 cm³/mol. The van der Waals surface area contributed by atoms with Crippen LogP contribution in [0, 0.1) is 0 Å². The van der Waals surface area contributed by atoms with E-state index in [1.54, 1.807) is 0 Å². The van der Waals surface area contributed by atoms with Gasteiger partial charge in [-0.25, -0.2) is 0 Å². The quantitative estimate of drug-likeness (QED) is 0.769. The molecule has 2 aliphatic heterocycles. The van der Waals surface area contributed by atoms with Crippen molar-refractivity contribution in [2.75, 3.05) is 31.6 Å². The van der Waals surface area contributed by atoms with E-state index in [0.717, 1.165) is 31.1 Å². The van der Waals surface area contributed by atoms with Crippen LogP contribution >= 0.6 is 24.0 Å². The smallest absolute Gasteiger partial charge is 0.0442 e. The van der Waals surface area contributed by atoms with Crippen molar-refractivity contribution in [1.82, 2.24) is 5.32 Å². The summed E-state index contributed by atoms with van der Waals surface area (Å²) in [5, 5.41) is 4.43. The molecule has 0 amide bonds. The molecule has 1 aromatic rings. The third kappa shape index (κ3) is 1.69. The molecule has 3 rings (SSSR count). The summed E-state index contributed by atoms with van der Waals surface area (Å²) in [5.74, 6) is 0.626. The van der Waals surface area contributed by atoms with Crippen LogP contribution < -0.4 is 10.2 Å². The minimum Gasteiger partial charge on any atom is -0.374 e. The van der Waals surface area contributed by atoms with Gasteiger partial charge >= 0.3 is 0 Å². The van der Waals surface area contributed by atoms with Gasteiger partial charge in [0.15, 0.2) is 0 Å². The zero-order chi connectivity index (χ0) is 10.4. The van der Waals surface area contributed by atoms with Crippen LogP contribution in [0.5, 0.6) is 0 Å². The minimum atomic E-state index is 0. The molecule has 1 N–H and O–H groups in total. The summed E-state index contributed by atoms with van der Waals surface area (Å²) in [7, 11) is 2.16. The molecule has 88 valence electrons. The van der Waals surface area contributed by atoms with Crippen molar-refractivity contribution >= 4 is 29.7 Å². The zero-order valence-electron chi connectivity index (χ0n) is 9.29. The molecule has 16 heavy (non-hydrogen) atoms. The first-order chi connectivity index (χ1) is 7.27. The van der Waals surface area contributed by atoms with E-state index in [-0.39, 0.29) is 12.4 Å². The van der Waals surface area contributed by atoms with Gasteiger partial charge < -0.3 is 10.2 Å². The average Bonchev–Trinajstić information content (AvgIpc) is 2.43. The van der Waals surface area contributed by atoms with E-state index >= 15 is 0 Å². The number of benzene rings is 1. The third-order valence-corrected chi connectivity index (χ3v) is 3.89. The molecule has 2 nitrogen and oxygen atoms in total. The fraction of sp³-hybridized carbons (Fsp3) is 0.500. The molecule has 0 bridgehead atoms. The molecule has 2 heterocycles. The summed E-state index contributed by atoms with van der Waals surface area (Å²) < 4.78 is 0. The lowest BCUT2D eigenvalue weighted by atomic mass is 9.95. The van der Waals surface area contributed by atoms with Gasteiger partial charge in [0.05, 0.1) is 0 Å². The fourth-order valence-electron chi connectivity index (χ4n) is 2.84. The Morgan fingerprint density at radius 1 is 1.44 bits per heavy atom. The first kappa shape index (κ1) is 12.0. The number of nitrogens with zero attached hydrogens (tertiary/aromatic N) is 1. The van der Waals surface area contributed by atoms with Crippen LogP contribution in [-0.2, 0) is 6.42 Å². The molecule has 0 aromatic heterocycles. The van der Waals surface area contributed by atoms with E-state index in [2.05, 4.69) is 23.3 Å². The Kier molecular flexibility index (Phi) is 3.34. The van der Waals surface area contributed by atoms with E-state index in [9.17, 15) is 0 Å². The lowest BCUT2D eigenvalue weighted by molar-refractivity contribution is 0.625. The number of rotatable bonds is 0. The molecule has 1 aromatic carbocycles. The Balaban J connectivity index is 0.000000963. The maximum atomic E-state index is 6.28. The Labute approximate surface area is 107 Å². The highest BCUT2D eigenvalue weighted by atomic mass is 35.5. The highest BCUT2D eigenvalue weighted by molar-refractivity contribution is 6.31. The van der Waals surface area contributed by atoms with Gasteiger partial charge in [0.25, 0.3) is 0 Å². The number of hydrogen-bond donors (Lipinski definition) is 1. The Morgan fingerprint density at radius 3 is 3.06 bits per heavy atom. The maximum Gasteiger partial charge on any atom is 0.0442 e. The molecule has 0 spiro atoms. The molecule has 2 aliphatic rings. The molecule has 0 aliphatic carbocycles. The van der Waals surface area contributed by atoms with Gasteiger partial charge in [0, 0.05) is 36.8 Å². The second kappa shape index (κ2) is 4.44. The molecule has 0 radical (unpaired) electrons. The van der Waals surface area contributed by atoms with Crippen LogP contribution in [-0.4, -0.2) is 26.7 Å². The average molecular weight is 259 g/mol. The van der Waals surface area contributed by atoms with Crippen molar-refractivity contribution in [3.8, 4) is 0 Å². The summed E-state index contributed by atoms with van der Waals surface area (Å²) >= 11 is 6.28. The van der Waals surface area contributed by atoms with Crippen LogP contribution in [0.3, 0.4) is 0 Å². The summed E-state index contributed by atoms with van der Waals surface area (Å²) in [6, 6.07) is 4.20. The SMILES string of the molecule is CN1CC2CNCCc3c(Cl)ccc1c32.Cl. The summed E-state index contributed by atoms with van der Waals surface area (Å²) in [5.41, 5.74) is 4.24. The fourth-order valence-corrected chi connectivity index (χ4v) is 3.10. The Hall–Kier alpha value is -0.440. The lowest BCUT2D eigenvalue weighted by Gasteiger charge is -2.14. The van der Waals surface area contributed by atoms with Gasteiger partial charge in [-0.15, -0.1) is 12.4 Å². The van der Waals surface area contributed by atoms with E-state index < -0.39 is 0 Å². The standard InChI is InChI=1S/C12H15ClN2.ClH/c1-15-7-8-6-14-5-4-9-10(13)2-3-11(15)12(8)9;/h2-3,8,14H,4-7H2,1H3;1H. The summed E-state index contributed by atoms with van der Waals surface area (Å²) in [4.78, 5) is 2.34. The second-order valence-electron chi connectivity index (χ2n) is 4.49. The number of hydrogen-bond acceptors (Lipinski definition) is 2. The van der Waals surface area contributed by atoms with Crippen LogP contribution in [0.4, 0.5) is 5.69 Å². The van der Waals surface area contributed by atoms with E-state index in [1.165, 1.54) is 16.8 Å². The van der Waals surface area contributed by atoms with E-state index in [4.69, 9.17) is 11.6 Å². The van der Waals surface area contributed by atoms with Crippen LogP contribution in [0.25, 0.3) is 0 Å². The molecule has 0 fully saturated rings. The third-order valence-electron chi connectivity index (χ3n) is 3.53. The topological polar surface area (TPSA) is 15.3 Å². The number of likely N-dealkylation sites (N-methyl/N-ethyl adjacent to an activating group) is 1. The first-order valence-corrected chi connectivity index (χ1v) is 5.88. The van der Waals surface area contributed by atoms with Crippen LogP contribution in [0.1, 0.15) is 17.0 Å². The van der Waals surface area contributed by atoms with E-state index in [0.29, 0.717) is 5.92 Å². The molecular weight excluding hydrogens is 243 g/mol. The van der Waals surface area contributed by atoms with Gasteiger partial charge in [0.1, 0.15) is 0 Å². The maximum absolute atomic E-state index is 6.28. The molecule has 0 saturated heterocycles. The second-order valence-corrected chi connectivity index (χ2v) is 4.90. The van der Waals surface area contributed by atoms with Crippen LogP contribution in [0.2, 0.25) is 5.02 Å². The van der Waals surface area contributed by atoms with Crippen molar-refractivity contribution < 1.29 is 0 Å². The Morgan fingerprint density at radius 2 is 2.25 bits per heavy atom. The highest BCUT2D eigenvalue weighted by Gasteiger charge is 2.30. The van der Waals surface area contributed by atoms with E-state index in [1.807, 2.05) is 6.07 Å². The Bertz CT molecular complexity index is 406.